The van der Waals surface area contributed by atoms with E-state index in [0.717, 1.165) is 56.9 Å². The Labute approximate surface area is 182 Å². The van der Waals surface area contributed by atoms with E-state index >= 15 is 0 Å². The Morgan fingerprint density at radius 2 is 2.06 bits per heavy atom. The van der Waals surface area contributed by atoms with Crippen LogP contribution in [0.5, 0.6) is 0 Å². The fourth-order valence-corrected chi connectivity index (χ4v) is 4.73. The number of nitrogens with zero attached hydrogens (tertiary/aromatic N) is 3. The summed E-state index contributed by atoms with van der Waals surface area (Å²) in [4.78, 5) is 19.6. The van der Waals surface area contributed by atoms with Crippen LogP contribution in [0.1, 0.15) is 61.2 Å². The van der Waals surface area contributed by atoms with E-state index in [1.807, 2.05) is 11.0 Å². The monoisotopic (exact) mass is 422 g/mol. The number of ether oxygens (including phenoxy) is 1. The summed E-state index contributed by atoms with van der Waals surface area (Å²) in [6.45, 7) is 6.42. The second-order valence-electron chi connectivity index (χ2n) is 9.07. The second-order valence-corrected chi connectivity index (χ2v) is 9.07. The average Bonchev–Trinajstić information content (AvgIpc) is 3.73. The molecule has 0 spiro atoms. The van der Waals surface area contributed by atoms with Crippen LogP contribution in [0.3, 0.4) is 0 Å². The minimum absolute atomic E-state index is 0.146. The molecule has 1 amide bonds. The first-order chi connectivity index (χ1) is 15.2. The van der Waals surface area contributed by atoms with E-state index in [-0.39, 0.29) is 24.2 Å². The Morgan fingerprint density at radius 1 is 1.29 bits per heavy atom. The van der Waals surface area contributed by atoms with Gasteiger partial charge in [-0.15, -0.1) is 0 Å². The van der Waals surface area contributed by atoms with E-state index in [2.05, 4.69) is 41.3 Å². The molecule has 0 bridgehead atoms. The van der Waals surface area contributed by atoms with E-state index in [4.69, 9.17) is 14.2 Å². The van der Waals surface area contributed by atoms with E-state index in [1.54, 1.807) is 6.08 Å². The number of piperidine rings is 1. The third kappa shape index (κ3) is 4.24. The number of hydrogen-bond donors (Lipinski definition) is 1. The van der Waals surface area contributed by atoms with Crippen molar-refractivity contribution >= 4 is 6.09 Å². The van der Waals surface area contributed by atoms with Gasteiger partial charge >= 0.3 is 6.09 Å². The SMILES string of the molecule is C=CCOC(=O)N(CC1(c2noc(C3CCNCC3)n2)CC1)[C@H]1C[C@@H]1c1ccccc1. The largest absolute Gasteiger partial charge is 0.445 e. The van der Waals surface area contributed by atoms with Gasteiger partial charge in [-0.25, -0.2) is 4.79 Å². The van der Waals surface area contributed by atoms with Gasteiger partial charge in [0, 0.05) is 24.4 Å². The number of benzene rings is 1. The molecule has 0 unspecified atom stereocenters. The van der Waals surface area contributed by atoms with Gasteiger partial charge in [-0.3, -0.25) is 0 Å². The molecular formula is C24H30N4O3. The van der Waals surface area contributed by atoms with Crippen molar-refractivity contribution in [1.82, 2.24) is 20.4 Å². The quantitative estimate of drug-likeness (QED) is 0.653. The number of rotatable bonds is 8. The zero-order chi connectivity index (χ0) is 21.3. The van der Waals surface area contributed by atoms with Crippen LogP contribution in [-0.2, 0) is 10.2 Å². The summed E-state index contributed by atoms with van der Waals surface area (Å²) in [5.41, 5.74) is 1.05. The number of amides is 1. The average molecular weight is 423 g/mol. The van der Waals surface area contributed by atoms with Gasteiger partial charge in [0.25, 0.3) is 0 Å². The van der Waals surface area contributed by atoms with E-state index in [0.29, 0.717) is 18.4 Å². The molecule has 0 radical (unpaired) electrons. The normalized spacial score (nSPS) is 24.4. The molecular weight excluding hydrogens is 392 g/mol. The van der Waals surface area contributed by atoms with Crippen LogP contribution in [0.25, 0.3) is 0 Å². The lowest BCUT2D eigenvalue weighted by Crippen LogP contribution is -2.40. The third-order valence-electron chi connectivity index (χ3n) is 6.88. The van der Waals surface area contributed by atoms with Gasteiger partial charge in [0.05, 0.1) is 5.41 Å². The summed E-state index contributed by atoms with van der Waals surface area (Å²) in [6, 6.07) is 10.5. The standard InChI is InChI=1S/C24H30N4O3/c1-2-14-30-23(29)28(20-15-19(20)17-6-4-3-5-7-17)16-24(10-11-24)22-26-21(31-27-22)18-8-12-25-13-9-18/h2-7,18-20,25H,1,8-16H2/t19-,20+/m1/s1. The first-order valence-electron chi connectivity index (χ1n) is 11.3. The molecule has 1 aromatic carbocycles. The fraction of sp³-hybridized carbons (Fsp3) is 0.542. The minimum Gasteiger partial charge on any atom is -0.445 e. The van der Waals surface area contributed by atoms with Crippen LogP contribution in [0, 0.1) is 0 Å². The zero-order valence-electron chi connectivity index (χ0n) is 17.8. The smallest absolute Gasteiger partial charge is 0.410 e. The number of hydrogen-bond acceptors (Lipinski definition) is 6. The molecule has 1 aromatic heterocycles. The van der Waals surface area contributed by atoms with E-state index < -0.39 is 0 Å². The van der Waals surface area contributed by atoms with Gasteiger partial charge in [0.2, 0.25) is 5.89 Å². The van der Waals surface area contributed by atoms with Crippen molar-refractivity contribution in [3.8, 4) is 0 Å². The van der Waals surface area contributed by atoms with Gasteiger partial charge in [-0.2, -0.15) is 4.98 Å². The number of carbonyl (C=O) groups excluding carboxylic acids is 1. The molecule has 1 N–H and O–H groups in total. The van der Waals surface area contributed by atoms with Crippen molar-refractivity contribution in [3.05, 3.63) is 60.3 Å². The Bertz CT molecular complexity index is 918. The van der Waals surface area contributed by atoms with Gasteiger partial charge in [0.1, 0.15) is 6.61 Å². The topological polar surface area (TPSA) is 80.5 Å². The summed E-state index contributed by atoms with van der Waals surface area (Å²) in [6.07, 6.45) is 6.26. The predicted molar refractivity (Wildman–Crippen MR) is 116 cm³/mol. The highest BCUT2D eigenvalue weighted by atomic mass is 16.6. The maximum atomic E-state index is 12.9. The molecule has 3 aliphatic rings. The highest BCUT2D eigenvalue weighted by Gasteiger charge is 2.55. The minimum atomic E-state index is -0.281. The van der Waals surface area contributed by atoms with Crippen LogP contribution < -0.4 is 5.32 Å². The van der Waals surface area contributed by atoms with Gasteiger partial charge in [-0.05, 0) is 50.8 Å². The Morgan fingerprint density at radius 3 is 2.77 bits per heavy atom. The molecule has 1 aliphatic heterocycles. The van der Waals surface area contributed by atoms with Crippen molar-refractivity contribution in [1.29, 1.82) is 0 Å². The summed E-state index contributed by atoms with van der Waals surface area (Å²) in [5, 5.41) is 7.73. The van der Waals surface area contributed by atoms with E-state index in [9.17, 15) is 4.79 Å². The lowest BCUT2D eigenvalue weighted by atomic mass is 9.98. The molecule has 31 heavy (non-hydrogen) atoms. The van der Waals surface area contributed by atoms with Crippen LogP contribution in [0.2, 0.25) is 0 Å². The van der Waals surface area contributed by atoms with Crippen molar-refractivity contribution < 1.29 is 14.1 Å². The summed E-state index contributed by atoms with van der Waals surface area (Å²) in [7, 11) is 0. The van der Waals surface area contributed by atoms with Crippen LogP contribution in [0.15, 0.2) is 47.5 Å². The molecule has 2 aromatic rings. The second kappa shape index (κ2) is 8.46. The lowest BCUT2D eigenvalue weighted by Gasteiger charge is -2.26. The van der Waals surface area contributed by atoms with Crippen molar-refractivity contribution in [3.63, 3.8) is 0 Å². The molecule has 3 fully saturated rings. The highest BCUT2D eigenvalue weighted by molar-refractivity contribution is 5.69. The number of carbonyl (C=O) groups is 1. The summed E-state index contributed by atoms with van der Waals surface area (Å²) < 4.78 is 11.1. The first kappa shape index (κ1) is 20.2. The zero-order valence-corrected chi connectivity index (χ0v) is 17.8. The molecule has 2 atom stereocenters. The van der Waals surface area contributed by atoms with Crippen molar-refractivity contribution in [2.75, 3.05) is 26.2 Å². The summed E-state index contributed by atoms with van der Waals surface area (Å²) >= 11 is 0. The lowest BCUT2D eigenvalue weighted by molar-refractivity contribution is 0.104. The highest BCUT2D eigenvalue weighted by Crippen LogP contribution is 2.51. The molecule has 7 nitrogen and oxygen atoms in total. The summed E-state index contributed by atoms with van der Waals surface area (Å²) in [5.74, 6) is 2.18. The van der Waals surface area contributed by atoms with Crippen molar-refractivity contribution in [2.45, 2.75) is 55.4 Å². The molecule has 2 saturated carbocycles. The van der Waals surface area contributed by atoms with Crippen LogP contribution >= 0.6 is 0 Å². The molecule has 7 heteroatoms. The molecule has 2 heterocycles. The van der Waals surface area contributed by atoms with E-state index in [1.165, 1.54) is 5.56 Å². The van der Waals surface area contributed by atoms with Gasteiger partial charge in [-0.1, -0.05) is 48.1 Å². The maximum Gasteiger partial charge on any atom is 0.410 e. The van der Waals surface area contributed by atoms with Crippen molar-refractivity contribution in [2.24, 2.45) is 0 Å². The molecule has 1 saturated heterocycles. The molecule has 164 valence electrons. The molecule has 2 aliphatic carbocycles. The fourth-order valence-electron chi connectivity index (χ4n) is 4.73. The first-order valence-corrected chi connectivity index (χ1v) is 11.3. The maximum absolute atomic E-state index is 12.9. The number of nitrogens with one attached hydrogen (secondary N) is 1. The molecule has 5 rings (SSSR count). The van der Waals surface area contributed by atoms with Gasteiger partial charge in [0.15, 0.2) is 5.82 Å². The Hall–Kier alpha value is -2.67. The predicted octanol–water partition coefficient (Wildman–Crippen LogP) is 3.75. The third-order valence-corrected chi connectivity index (χ3v) is 6.88. The van der Waals surface area contributed by atoms with Gasteiger partial charge < -0.3 is 19.5 Å². The Balaban J connectivity index is 1.32. The number of aromatic nitrogens is 2. The Kier molecular flexibility index (Phi) is 5.52. The van der Waals surface area contributed by atoms with Crippen LogP contribution in [-0.4, -0.2) is 53.4 Å². The van der Waals surface area contributed by atoms with Crippen LogP contribution in [0.4, 0.5) is 4.79 Å².